The van der Waals surface area contributed by atoms with Crippen LogP contribution in [0.3, 0.4) is 0 Å². The van der Waals surface area contributed by atoms with Gasteiger partial charge in [0.2, 0.25) is 5.91 Å². The lowest BCUT2D eigenvalue weighted by Gasteiger charge is -2.05. The predicted molar refractivity (Wildman–Crippen MR) is 88.5 cm³/mol. The van der Waals surface area contributed by atoms with Gasteiger partial charge < -0.3 is 5.32 Å². The van der Waals surface area contributed by atoms with Crippen molar-refractivity contribution >= 4 is 11.6 Å². The van der Waals surface area contributed by atoms with E-state index in [1.807, 2.05) is 24.3 Å². The molecule has 6 nitrogen and oxygen atoms in total. The van der Waals surface area contributed by atoms with Gasteiger partial charge in [0.15, 0.2) is 0 Å². The van der Waals surface area contributed by atoms with Crippen molar-refractivity contribution in [3.05, 3.63) is 46.1 Å². The van der Waals surface area contributed by atoms with Crippen molar-refractivity contribution in [2.45, 2.75) is 52.1 Å². The van der Waals surface area contributed by atoms with E-state index >= 15 is 0 Å². The highest BCUT2D eigenvalue weighted by Crippen LogP contribution is 2.11. The number of carbonyl (C=O) groups excluding carboxylic acids is 1. The molecular weight excluding hydrogens is 292 g/mol. The maximum absolute atomic E-state index is 12.3. The van der Waals surface area contributed by atoms with Crippen LogP contribution in [0, 0.1) is 0 Å². The molecule has 0 spiro atoms. The number of nitrogens with zero attached hydrogens (tertiary/aromatic N) is 3. The first-order valence-electron chi connectivity index (χ1n) is 8.22. The van der Waals surface area contributed by atoms with Crippen LogP contribution >= 0.6 is 0 Å². The third kappa shape index (κ3) is 3.52. The molecule has 0 unspecified atom stereocenters. The van der Waals surface area contributed by atoms with E-state index in [1.165, 1.54) is 10.2 Å². The van der Waals surface area contributed by atoms with Crippen LogP contribution in [0.2, 0.25) is 0 Å². The quantitative estimate of drug-likeness (QED) is 0.938. The van der Waals surface area contributed by atoms with Crippen LogP contribution < -0.4 is 11.0 Å². The third-order valence-electron chi connectivity index (χ3n) is 4.22. The lowest BCUT2D eigenvalue weighted by Crippen LogP contribution is -2.30. The fourth-order valence-electron chi connectivity index (χ4n) is 2.89. The van der Waals surface area contributed by atoms with Crippen LogP contribution in [0.15, 0.2) is 29.1 Å². The largest absolute Gasteiger partial charge is 0.346 e. The molecule has 122 valence electrons. The first-order valence-corrected chi connectivity index (χ1v) is 8.22. The van der Waals surface area contributed by atoms with E-state index in [4.69, 9.17) is 0 Å². The van der Waals surface area contributed by atoms with E-state index in [2.05, 4.69) is 17.3 Å². The van der Waals surface area contributed by atoms with Crippen LogP contribution in [0.4, 0.5) is 5.69 Å². The van der Waals surface area contributed by atoms with Gasteiger partial charge >= 0.3 is 5.69 Å². The Kier molecular flexibility index (Phi) is 4.60. The second kappa shape index (κ2) is 6.81. The van der Waals surface area contributed by atoms with Crippen molar-refractivity contribution in [3.8, 4) is 0 Å². The number of anilines is 1. The molecule has 0 fully saturated rings. The number of aryl methyl sites for hydroxylation is 2. The molecule has 1 amide bonds. The zero-order chi connectivity index (χ0) is 16.2. The van der Waals surface area contributed by atoms with Gasteiger partial charge in [0.1, 0.15) is 12.4 Å². The molecule has 0 atom stereocenters. The second-order valence-corrected chi connectivity index (χ2v) is 5.92. The topological polar surface area (TPSA) is 68.9 Å². The molecule has 1 aliphatic heterocycles. The molecule has 1 aromatic heterocycles. The summed E-state index contributed by atoms with van der Waals surface area (Å²) in [5.41, 5.74) is 1.77. The summed E-state index contributed by atoms with van der Waals surface area (Å²) in [5, 5.41) is 7.14. The van der Waals surface area contributed by atoms with Gasteiger partial charge in [-0.1, -0.05) is 25.5 Å². The Labute approximate surface area is 135 Å². The highest BCUT2D eigenvalue weighted by molar-refractivity contribution is 5.90. The number of nitrogens with one attached hydrogen (secondary N) is 1. The van der Waals surface area contributed by atoms with Gasteiger partial charge in [-0.2, -0.15) is 5.10 Å². The summed E-state index contributed by atoms with van der Waals surface area (Å²) in [6.45, 7) is 2.74. The summed E-state index contributed by atoms with van der Waals surface area (Å²) >= 11 is 0. The van der Waals surface area contributed by atoms with Crippen LogP contribution in [-0.2, 0) is 30.7 Å². The Balaban J connectivity index is 1.69. The molecule has 1 aromatic carbocycles. The predicted octanol–water partition coefficient (Wildman–Crippen LogP) is 1.97. The zero-order valence-electron chi connectivity index (χ0n) is 13.4. The average molecular weight is 314 g/mol. The van der Waals surface area contributed by atoms with Gasteiger partial charge in [-0.25, -0.2) is 9.48 Å². The SMILES string of the molecule is CCc1ccc(NC(=O)Cn2nc3n(c2=O)CCCCC3)cc1. The molecule has 1 aliphatic rings. The van der Waals surface area contributed by atoms with Crippen molar-refractivity contribution < 1.29 is 4.79 Å². The zero-order valence-corrected chi connectivity index (χ0v) is 13.4. The monoisotopic (exact) mass is 314 g/mol. The molecule has 3 rings (SSSR count). The first kappa shape index (κ1) is 15.5. The van der Waals surface area contributed by atoms with Gasteiger partial charge in [0.25, 0.3) is 0 Å². The molecule has 6 heteroatoms. The van der Waals surface area contributed by atoms with Crippen LogP contribution in [-0.4, -0.2) is 20.3 Å². The van der Waals surface area contributed by atoms with Crippen molar-refractivity contribution in [1.82, 2.24) is 14.3 Å². The molecule has 23 heavy (non-hydrogen) atoms. The van der Waals surface area contributed by atoms with Crippen molar-refractivity contribution in [2.24, 2.45) is 0 Å². The van der Waals surface area contributed by atoms with E-state index in [-0.39, 0.29) is 18.1 Å². The summed E-state index contributed by atoms with van der Waals surface area (Å²) < 4.78 is 2.98. The normalized spacial score (nSPS) is 14.1. The number of rotatable bonds is 4. The molecule has 2 heterocycles. The third-order valence-corrected chi connectivity index (χ3v) is 4.22. The molecule has 0 saturated heterocycles. The summed E-state index contributed by atoms with van der Waals surface area (Å²) in [6.07, 6.45) is 4.93. The Hall–Kier alpha value is -2.37. The first-order chi connectivity index (χ1) is 11.2. The lowest BCUT2D eigenvalue weighted by molar-refractivity contribution is -0.117. The van der Waals surface area contributed by atoms with E-state index in [0.717, 1.165) is 43.6 Å². The van der Waals surface area contributed by atoms with Crippen LogP contribution in [0.5, 0.6) is 0 Å². The number of aromatic nitrogens is 3. The van der Waals surface area contributed by atoms with Crippen LogP contribution in [0.25, 0.3) is 0 Å². The Morgan fingerprint density at radius 1 is 1.22 bits per heavy atom. The second-order valence-electron chi connectivity index (χ2n) is 5.92. The molecular formula is C17H22N4O2. The number of fused-ring (bicyclic) bond motifs is 1. The van der Waals surface area contributed by atoms with Gasteiger partial charge in [-0.3, -0.25) is 9.36 Å². The summed E-state index contributed by atoms with van der Waals surface area (Å²) in [5.74, 6) is 0.567. The molecule has 2 aromatic rings. The summed E-state index contributed by atoms with van der Waals surface area (Å²) in [7, 11) is 0. The minimum atomic E-state index is -0.232. The van der Waals surface area contributed by atoms with E-state index < -0.39 is 0 Å². The smallest absolute Gasteiger partial charge is 0.324 e. The van der Waals surface area contributed by atoms with Crippen molar-refractivity contribution in [3.63, 3.8) is 0 Å². The Morgan fingerprint density at radius 2 is 2.00 bits per heavy atom. The van der Waals surface area contributed by atoms with E-state index in [9.17, 15) is 9.59 Å². The number of carbonyl (C=O) groups is 1. The molecule has 0 saturated carbocycles. The van der Waals surface area contributed by atoms with E-state index in [1.54, 1.807) is 4.57 Å². The Morgan fingerprint density at radius 3 is 2.74 bits per heavy atom. The van der Waals surface area contributed by atoms with Gasteiger partial charge in [0.05, 0.1) is 0 Å². The molecule has 0 bridgehead atoms. The fraction of sp³-hybridized carbons (Fsp3) is 0.471. The van der Waals surface area contributed by atoms with Crippen molar-refractivity contribution in [2.75, 3.05) is 5.32 Å². The van der Waals surface area contributed by atoms with Crippen molar-refractivity contribution in [1.29, 1.82) is 0 Å². The minimum absolute atomic E-state index is 0.0473. The highest BCUT2D eigenvalue weighted by atomic mass is 16.2. The standard InChI is InChI=1S/C17H22N4O2/c1-2-13-7-9-14(10-8-13)18-16(22)12-21-17(23)20-11-5-3-4-6-15(20)19-21/h7-10H,2-6,11-12H2,1H3,(H,18,22). The summed E-state index contributed by atoms with van der Waals surface area (Å²) in [6, 6.07) is 7.73. The Bertz CT molecular complexity index is 743. The van der Waals surface area contributed by atoms with Gasteiger partial charge in [0, 0.05) is 18.7 Å². The minimum Gasteiger partial charge on any atom is -0.324 e. The maximum atomic E-state index is 12.3. The number of hydrogen-bond donors (Lipinski definition) is 1. The number of amides is 1. The lowest BCUT2D eigenvalue weighted by atomic mass is 10.1. The fourth-order valence-corrected chi connectivity index (χ4v) is 2.89. The maximum Gasteiger partial charge on any atom is 0.346 e. The molecule has 0 aliphatic carbocycles. The number of benzene rings is 1. The van der Waals surface area contributed by atoms with E-state index in [0.29, 0.717) is 6.54 Å². The number of hydrogen-bond acceptors (Lipinski definition) is 3. The van der Waals surface area contributed by atoms with Gasteiger partial charge in [-0.15, -0.1) is 0 Å². The molecule has 1 N–H and O–H groups in total. The van der Waals surface area contributed by atoms with Crippen LogP contribution in [0.1, 0.15) is 37.6 Å². The average Bonchev–Trinajstić information content (AvgIpc) is 2.73. The highest BCUT2D eigenvalue weighted by Gasteiger charge is 2.17. The summed E-state index contributed by atoms with van der Waals surface area (Å²) in [4.78, 5) is 24.5. The van der Waals surface area contributed by atoms with Gasteiger partial charge in [-0.05, 0) is 37.0 Å². The molecule has 0 radical (unpaired) electrons.